The summed E-state index contributed by atoms with van der Waals surface area (Å²) in [6.45, 7) is 0. The number of non-ortho nitro benzene ring substituents is 1. The van der Waals surface area contributed by atoms with E-state index in [-0.39, 0.29) is 5.69 Å². The van der Waals surface area contributed by atoms with Crippen molar-refractivity contribution < 1.29 is 4.92 Å². The summed E-state index contributed by atoms with van der Waals surface area (Å²) in [4.78, 5) is 10.0. The molecule has 0 spiro atoms. The van der Waals surface area contributed by atoms with E-state index in [0.717, 1.165) is 5.82 Å². The van der Waals surface area contributed by atoms with Crippen molar-refractivity contribution in [2.75, 3.05) is 0 Å². The lowest BCUT2D eigenvalue weighted by Crippen LogP contribution is -1.85. The lowest BCUT2D eigenvalue weighted by Gasteiger charge is -1.95. The molecule has 6 heteroatoms. The van der Waals surface area contributed by atoms with Crippen LogP contribution in [0.1, 0.15) is 0 Å². The van der Waals surface area contributed by atoms with Crippen molar-refractivity contribution in [3.05, 3.63) is 52.7 Å². The molecule has 0 radical (unpaired) electrons. The quantitative estimate of drug-likeness (QED) is 0.460. The molecule has 0 aliphatic carbocycles. The van der Waals surface area contributed by atoms with Crippen LogP contribution in [0.4, 0.5) is 17.2 Å². The van der Waals surface area contributed by atoms with Gasteiger partial charge in [0.15, 0.2) is 5.82 Å². The molecule has 1 heterocycles. The molecule has 0 atom stereocenters. The maximum atomic E-state index is 10.4. The van der Waals surface area contributed by atoms with Gasteiger partial charge in [-0.1, -0.05) is 0 Å². The maximum Gasteiger partial charge on any atom is 0.269 e. The fourth-order valence-corrected chi connectivity index (χ4v) is 1.31. The Labute approximate surface area is 97.4 Å². The largest absolute Gasteiger partial charge is 0.335 e. The van der Waals surface area contributed by atoms with E-state index in [4.69, 9.17) is 0 Å². The monoisotopic (exact) mass is 230 g/mol. The van der Waals surface area contributed by atoms with Crippen molar-refractivity contribution in [2.45, 2.75) is 0 Å². The summed E-state index contributed by atoms with van der Waals surface area (Å²) in [6.07, 6.45) is 1.87. The topological polar surface area (TPSA) is 72.8 Å². The first-order valence-corrected chi connectivity index (χ1v) is 4.94. The van der Waals surface area contributed by atoms with Gasteiger partial charge in [-0.05, 0) is 24.3 Å². The minimum atomic E-state index is -0.446. The zero-order valence-corrected chi connectivity index (χ0v) is 9.15. The molecule has 0 bridgehead atoms. The lowest BCUT2D eigenvalue weighted by atomic mass is 10.3. The molecule has 2 aromatic rings. The van der Waals surface area contributed by atoms with Crippen LogP contribution in [0.25, 0.3) is 0 Å². The fraction of sp³-hybridized carbons (Fsp3) is 0.0909. The van der Waals surface area contributed by atoms with E-state index < -0.39 is 4.92 Å². The molecular weight excluding hydrogens is 220 g/mol. The number of rotatable bonds is 3. The van der Waals surface area contributed by atoms with E-state index in [0.29, 0.717) is 5.69 Å². The first-order chi connectivity index (χ1) is 8.16. The van der Waals surface area contributed by atoms with E-state index in [2.05, 4.69) is 10.2 Å². The summed E-state index contributed by atoms with van der Waals surface area (Å²) in [5.74, 6) is 0.725. The standard InChI is InChI=1S/C11H10N4O2/c1-14-8-2-3-11(14)13-12-9-4-6-10(7-5-9)15(16)17/h2-8H,1H3. The molecule has 2 rings (SSSR count). The number of hydrogen-bond acceptors (Lipinski definition) is 4. The van der Waals surface area contributed by atoms with E-state index in [1.165, 1.54) is 12.1 Å². The van der Waals surface area contributed by atoms with Gasteiger partial charge in [-0.25, -0.2) is 0 Å². The van der Waals surface area contributed by atoms with Gasteiger partial charge in [0.1, 0.15) is 0 Å². The Morgan fingerprint density at radius 2 is 1.88 bits per heavy atom. The predicted octanol–water partition coefficient (Wildman–Crippen LogP) is 3.35. The fourth-order valence-electron chi connectivity index (χ4n) is 1.31. The molecule has 0 saturated carbocycles. The second-order valence-corrected chi connectivity index (χ2v) is 3.45. The number of hydrogen-bond donors (Lipinski definition) is 0. The van der Waals surface area contributed by atoms with Crippen LogP contribution in [0, 0.1) is 10.1 Å². The third-order valence-corrected chi connectivity index (χ3v) is 2.24. The third-order valence-electron chi connectivity index (χ3n) is 2.24. The van der Waals surface area contributed by atoms with E-state index in [9.17, 15) is 10.1 Å². The van der Waals surface area contributed by atoms with Crippen LogP contribution in [0.15, 0.2) is 52.8 Å². The summed E-state index contributed by atoms with van der Waals surface area (Å²) in [6, 6.07) is 9.62. The SMILES string of the molecule is Cn1cccc1N=Nc1ccc([N+](=O)[O-])cc1. The minimum Gasteiger partial charge on any atom is -0.335 e. The van der Waals surface area contributed by atoms with Crippen LogP contribution in [-0.2, 0) is 7.05 Å². The summed E-state index contributed by atoms with van der Waals surface area (Å²) in [5, 5.41) is 18.5. The molecule has 0 amide bonds. The summed E-state index contributed by atoms with van der Waals surface area (Å²) >= 11 is 0. The molecule has 0 saturated heterocycles. The van der Waals surface area contributed by atoms with Gasteiger partial charge in [0.25, 0.3) is 5.69 Å². The number of aryl methyl sites for hydroxylation is 1. The van der Waals surface area contributed by atoms with Gasteiger partial charge in [0.2, 0.25) is 0 Å². The first-order valence-electron chi connectivity index (χ1n) is 4.94. The summed E-state index contributed by atoms with van der Waals surface area (Å²) < 4.78 is 1.83. The average molecular weight is 230 g/mol. The zero-order valence-electron chi connectivity index (χ0n) is 9.15. The van der Waals surface area contributed by atoms with Gasteiger partial charge < -0.3 is 4.57 Å². The molecule has 0 N–H and O–H groups in total. The molecule has 17 heavy (non-hydrogen) atoms. The van der Waals surface area contributed by atoms with Crippen molar-refractivity contribution in [3.63, 3.8) is 0 Å². The Bertz CT molecular complexity index is 557. The predicted molar refractivity (Wildman–Crippen MR) is 62.7 cm³/mol. The molecule has 1 aromatic carbocycles. The molecular formula is C11H10N4O2. The highest BCUT2D eigenvalue weighted by molar-refractivity contribution is 5.44. The smallest absolute Gasteiger partial charge is 0.269 e. The van der Waals surface area contributed by atoms with Crippen molar-refractivity contribution in [2.24, 2.45) is 17.3 Å². The van der Waals surface area contributed by atoms with Crippen LogP contribution in [0.5, 0.6) is 0 Å². The third kappa shape index (κ3) is 2.54. The molecule has 0 unspecified atom stereocenters. The molecule has 0 aliphatic heterocycles. The Kier molecular flexibility index (Phi) is 2.95. The van der Waals surface area contributed by atoms with Gasteiger partial charge in [-0.15, -0.1) is 10.2 Å². The highest BCUT2D eigenvalue weighted by Gasteiger charge is 2.03. The second-order valence-electron chi connectivity index (χ2n) is 3.45. The average Bonchev–Trinajstić information content (AvgIpc) is 2.73. The Balaban J connectivity index is 2.17. The van der Waals surface area contributed by atoms with Crippen molar-refractivity contribution >= 4 is 17.2 Å². The van der Waals surface area contributed by atoms with Crippen molar-refractivity contribution in [1.82, 2.24) is 4.57 Å². The molecule has 6 nitrogen and oxygen atoms in total. The van der Waals surface area contributed by atoms with Gasteiger partial charge in [-0.2, -0.15) is 0 Å². The zero-order chi connectivity index (χ0) is 12.3. The number of nitro benzene ring substituents is 1. The molecule has 0 fully saturated rings. The highest BCUT2D eigenvalue weighted by atomic mass is 16.6. The minimum absolute atomic E-state index is 0.0443. The van der Waals surface area contributed by atoms with E-state index >= 15 is 0 Å². The highest BCUT2D eigenvalue weighted by Crippen LogP contribution is 2.20. The van der Waals surface area contributed by atoms with E-state index in [1.54, 1.807) is 12.1 Å². The van der Waals surface area contributed by atoms with Crippen molar-refractivity contribution in [1.29, 1.82) is 0 Å². The van der Waals surface area contributed by atoms with Gasteiger partial charge in [0, 0.05) is 25.4 Å². The Morgan fingerprint density at radius 1 is 1.18 bits per heavy atom. The lowest BCUT2D eigenvalue weighted by molar-refractivity contribution is -0.384. The number of azo groups is 1. The first kappa shape index (κ1) is 11.0. The molecule has 0 aliphatic rings. The van der Waals surface area contributed by atoms with Crippen LogP contribution < -0.4 is 0 Å². The van der Waals surface area contributed by atoms with Gasteiger partial charge in [-0.3, -0.25) is 10.1 Å². The number of benzene rings is 1. The second kappa shape index (κ2) is 4.56. The molecule has 1 aromatic heterocycles. The van der Waals surface area contributed by atoms with Crippen LogP contribution in [0.2, 0.25) is 0 Å². The summed E-state index contributed by atoms with van der Waals surface area (Å²) in [7, 11) is 1.87. The van der Waals surface area contributed by atoms with Gasteiger partial charge >= 0.3 is 0 Å². The van der Waals surface area contributed by atoms with Crippen LogP contribution in [-0.4, -0.2) is 9.49 Å². The Hall–Kier alpha value is -2.50. The number of nitro groups is 1. The number of nitrogens with zero attached hydrogens (tertiary/aromatic N) is 4. The van der Waals surface area contributed by atoms with Crippen LogP contribution in [0.3, 0.4) is 0 Å². The van der Waals surface area contributed by atoms with E-state index in [1.807, 2.05) is 29.9 Å². The maximum absolute atomic E-state index is 10.4. The number of aromatic nitrogens is 1. The van der Waals surface area contributed by atoms with Crippen LogP contribution >= 0.6 is 0 Å². The molecule has 86 valence electrons. The summed E-state index contributed by atoms with van der Waals surface area (Å²) in [5.41, 5.74) is 0.625. The Morgan fingerprint density at radius 3 is 2.41 bits per heavy atom. The van der Waals surface area contributed by atoms with Crippen molar-refractivity contribution in [3.8, 4) is 0 Å². The normalized spacial score (nSPS) is 10.9. The van der Waals surface area contributed by atoms with Gasteiger partial charge in [0.05, 0.1) is 10.6 Å².